The summed E-state index contributed by atoms with van der Waals surface area (Å²) in [6.07, 6.45) is 12.7. The molecular formula is C26H32N2O3. The van der Waals surface area contributed by atoms with Gasteiger partial charge in [0.05, 0.1) is 12.0 Å². The molecule has 2 saturated heterocycles. The number of nitrogens with zero attached hydrogens (tertiary/aromatic N) is 1. The van der Waals surface area contributed by atoms with Gasteiger partial charge in [-0.3, -0.25) is 9.59 Å². The third-order valence-corrected chi connectivity index (χ3v) is 8.44. The largest absolute Gasteiger partial charge is 0.359 e. The van der Waals surface area contributed by atoms with Crippen molar-refractivity contribution in [2.24, 2.45) is 5.92 Å². The average Bonchev–Trinajstić information content (AvgIpc) is 3.57. The van der Waals surface area contributed by atoms with E-state index in [2.05, 4.69) is 48.7 Å². The summed E-state index contributed by atoms with van der Waals surface area (Å²) in [4.78, 5) is 29.7. The highest BCUT2D eigenvalue weighted by Gasteiger charge is 2.72. The fraction of sp³-hybridized carbons (Fsp3) is 0.615. The first-order valence-corrected chi connectivity index (χ1v) is 12.1. The lowest BCUT2D eigenvalue weighted by atomic mass is 9.72. The van der Waals surface area contributed by atoms with Crippen LogP contribution in [0.25, 0.3) is 0 Å². The molecule has 5 aliphatic rings. The van der Waals surface area contributed by atoms with E-state index >= 15 is 0 Å². The van der Waals surface area contributed by atoms with Gasteiger partial charge >= 0.3 is 0 Å². The van der Waals surface area contributed by atoms with Crippen LogP contribution in [0, 0.1) is 12.8 Å². The maximum absolute atomic E-state index is 14.0. The third kappa shape index (κ3) is 2.85. The molecule has 5 nitrogen and oxygen atoms in total. The van der Waals surface area contributed by atoms with Crippen molar-refractivity contribution in [1.29, 1.82) is 0 Å². The fourth-order valence-corrected chi connectivity index (χ4v) is 7.00. The van der Waals surface area contributed by atoms with Crippen molar-refractivity contribution in [3.8, 4) is 0 Å². The molecule has 0 unspecified atom stereocenters. The Kier molecular flexibility index (Phi) is 4.53. The fourth-order valence-electron chi connectivity index (χ4n) is 7.00. The van der Waals surface area contributed by atoms with Gasteiger partial charge in [0.25, 0.3) is 0 Å². The standard InChI is InChI=1S/C26H32N2O3/c1-16-10-12-17(13-11-16)21-20-14-15-26(31-20)22(21)25(30)28(19-8-4-5-9-19)23(26)24(29)27-18-6-2-3-7-18/h10-15,18-23H,2-9H2,1H3,(H,27,29)/t20-,21-,22-,23+,26-/m0/s1. The molecule has 3 heterocycles. The van der Waals surface area contributed by atoms with Gasteiger partial charge in [-0.25, -0.2) is 0 Å². The lowest BCUT2D eigenvalue weighted by Crippen LogP contribution is -2.57. The topological polar surface area (TPSA) is 58.6 Å². The molecule has 0 aromatic heterocycles. The first-order valence-electron chi connectivity index (χ1n) is 12.1. The Labute approximate surface area is 184 Å². The Bertz CT molecular complexity index is 913. The van der Waals surface area contributed by atoms with E-state index in [1.54, 1.807) is 0 Å². The predicted molar refractivity (Wildman–Crippen MR) is 117 cm³/mol. The van der Waals surface area contributed by atoms with Crippen LogP contribution in [0.4, 0.5) is 0 Å². The van der Waals surface area contributed by atoms with E-state index in [1.807, 2.05) is 4.90 Å². The second-order valence-electron chi connectivity index (χ2n) is 10.3. The molecule has 2 saturated carbocycles. The molecule has 4 fully saturated rings. The van der Waals surface area contributed by atoms with E-state index < -0.39 is 11.6 Å². The lowest BCUT2D eigenvalue weighted by molar-refractivity contribution is -0.142. The second kappa shape index (κ2) is 7.19. The molecule has 2 bridgehead atoms. The van der Waals surface area contributed by atoms with Gasteiger partial charge in [-0.15, -0.1) is 0 Å². The predicted octanol–water partition coefficient (Wildman–Crippen LogP) is 3.61. The zero-order chi connectivity index (χ0) is 21.2. The van der Waals surface area contributed by atoms with Crippen molar-refractivity contribution < 1.29 is 14.3 Å². The summed E-state index contributed by atoms with van der Waals surface area (Å²) >= 11 is 0. The molecule has 5 atom stereocenters. The second-order valence-corrected chi connectivity index (χ2v) is 10.3. The summed E-state index contributed by atoms with van der Waals surface area (Å²) in [7, 11) is 0. The summed E-state index contributed by atoms with van der Waals surface area (Å²) in [5.41, 5.74) is 1.52. The van der Waals surface area contributed by atoms with Crippen LogP contribution in [-0.4, -0.2) is 46.5 Å². The van der Waals surface area contributed by atoms with E-state index in [0.717, 1.165) is 44.1 Å². The van der Waals surface area contributed by atoms with E-state index in [-0.39, 0.29) is 41.8 Å². The molecule has 1 spiro atoms. The van der Waals surface area contributed by atoms with Crippen LogP contribution in [-0.2, 0) is 14.3 Å². The van der Waals surface area contributed by atoms with Crippen LogP contribution in [0.2, 0.25) is 0 Å². The molecule has 5 heteroatoms. The molecule has 2 amide bonds. The molecular weight excluding hydrogens is 388 g/mol. The molecule has 164 valence electrons. The molecule has 1 aromatic carbocycles. The first kappa shape index (κ1) is 19.5. The van der Waals surface area contributed by atoms with Crippen molar-refractivity contribution >= 4 is 11.8 Å². The summed E-state index contributed by atoms with van der Waals surface area (Å²) < 4.78 is 6.61. The number of hydrogen-bond donors (Lipinski definition) is 1. The zero-order valence-electron chi connectivity index (χ0n) is 18.3. The van der Waals surface area contributed by atoms with Crippen LogP contribution in [0.15, 0.2) is 36.4 Å². The van der Waals surface area contributed by atoms with Crippen LogP contribution in [0.5, 0.6) is 0 Å². The van der Waals surface area contributed by atoms with Gasteiger partial charge in [0, 0.05) is 18.0 Å². The highest BCUT2D eigenvalue weighted by atomic mass is 16.5. The van der Waals surface area contributed by atoms with Crippen molar-refractivity contribution in [3.63, 3.8) is 0 Å². The van der Waals surface area contributed by atoms with E-state index in [4.69, 9.17) is 4.74 Å². The summed E-state index contributed by atoms with van der Waals surface area (Å²) in [6.45, 7) is 2.08. The number of aryl methyl sites for hydroxylation is 1. The Hall–Kier alpha value is -2.14. The van der Waals surface area contributed by atoms with Gasteiger partial charge in [-0.1, -0.05) is 67.7 Å². The minimum atomic E-state index is -0.831. The molecule has 31 heavy (non-hydrogen) atoms. The Morgan fingerprint density at radius 2 is 1.74 bits per heavy atom. The van der Waals surface area contributed by atoms with E-state index in [1.165, 1.54) is 18.4 Å². The molecule has 1 N–H and O–H groups in total. The van der Waals surface area contributed by atoms with Gasteiger partial charge in [-0.05, 0) is 38.2 Å². The molecule has 2 aliphatic carbocycles. The number of amides is 2. The normalized spacial score (nSPS) is 37.2. The number of nitrogens with one attached hydrogen (secondary N) is 1. The van der Waals surface area contributed by atoms with Gasteiger partial charge < -0.3 is 15.0 Å². The van der Waals surface area contributed by atoms with Gasteiger partial charge in [0.2, 0.25) is 11.8 Å². The van der Waals surface area contributed by atoms with Crippen LogP contribution in [0.1, 0.15) is 68.4 Å². The summed E-state index contributed by atoms with van der Waals surface area (Å²) in [5, 5.41) is 3.30. The Morgan fingerprint density at radius 1 is 1.06 bits per heavy atom. The van der Waals surface area contributed by atoms with E-state index in [0.29, 0.717) is 0 Å². The maximum atomic E-state index is 14.0. The molecule has 1 aromatic rings. The minimum absolute atomic E-state index is 0.00972. The number of carbonyl (C=O) groups excluding carboxylic acids is 2. The van der Waals surface area contributed by atoms with Gasteiger partial charge in [-0.2, -0.15) is 0 Å². The summed E-state index contributed by atoms with van der Waals surface area (Å²) in [6, 6.07) is 8.31. The number of benzene rings is 1. The molecule has 6 rings (SSSR count). The molecule has 3 aliphatic heterocycles. The highest BCUT2D eigenvalue weighted by molar-refractivity contribution is 5.97. The average molecular weight is 421 g/mol. The number of carbonyl (C=O) groups is 2. The number of likely N-dealkylation sites (tertiary alicyclic amines) is 1. The van der Waals surface area contributed by atoms with E-state index in [9.17, 15) is 9.59 Å². The SMILES string of the molecule is Cc1ccc([C@H]2[C@@H]3C=C[C@]4(O3)[C@@H]2C(=O)N(C2CCCC2)[C@@H]4C(=O)NC2CCCC2)cc1. The first-order chi connectivity index (χ1) is 15.1. The minimum Gasteiger partial charge on any atom is -0.359 e. The molecule has 0 radical (unpaired) electrons. The van der Waals surface area contributed by atoms with Gasteiger partial charge in [0.1, 0.15) is 11.6 Å². The quantitative estimate of drug-likeness (QED) is 0.757. The Morgan fingerprint density at radius 3 is 2.45 bits per heavy atom. The zero-order valence-corrected chi connectivity index (χ0v) is 18.3. The van der Waals surface area contributed by atoms with Crippen molar-refractivity contribution in [2.75, 3.05) is 0 Å². The van der Waals surface area contributed by atoms with Crippen LogP contribution >= 0.6 is 0 Å². The summed E-state index contributed by atoms with van der Waals surface area (Å²) in [5.74, 6) is -0.225. The van der Waals surface area contributed by atoms with Crippen molar-refractivity contribution in [2.45, 2.75) is 94.0 Å². The van der Waals surface area contributed by atoms with Crippen LogP contribution in [0.3, 0.4) is 0 Å². The number of ether oxygens (including phenoxy) is 1. The third-order valence-electron chi connectivity index (χ3n) is 8.44. The Balaban J connectivity index is 1.39. The van der Waals surface area contributed by atoms with Crippen molar-refractivity contribution in [1.82, 2.24) is 10.2 Å². The monoisotopic (exact) mass is 420 g/mol. The number of hydrogen-bond acceptors (Lipinski definition) is 3. The lowest BCUT2D eigenvalue weighted by Gasteiger charge is -2.36. The highest BCUT2D eigenvalue weighted by Crippen LogP contribution is 2.59. The van der Waals surface area contributed by atoms with Crippen molar-refractivity contribution in [3.05, 3.63) is 47.5 Å². The number of rotatable bonds is 4. The van der Waals surface area contributed by atoms with Crippen LogP contribution < -0.4 is 5.32 Å². The maximum Gasteiger partial charge on any atom is 0.246 e. The number of fused-ring (bicyclic) bond motifs is 1. The smallest absolute Gasteiger partial charge is 0.246 e. The van der Waals surface area contributed by atoms with Gasteiger partial charge in [0.15, 0.2) is 0 Å².